The number of esters is 1. The number of carbonyl (C=O) groups is 4. The van der Waals surface area contributed by atoms with Crippen LogP contribution in [0, 0.1) is 57.2 Å². The average Bonchev–Trinajstić information content (AvgIpc) is 0.671. The first-order valence-electron chi connectivity index (χ1n) is 35.6. The number of hydrogen-bond donors (Lipinski definition) is 13. The van der Waals surface area contributed by atoms with E-state index in [1.807, 2.05) is 32.0 Å². The number of unbranched alkanes of at least 4 members (excludes halogenated alkanes) is 2. The summed E-state index contributed by atoms with van der Waals surface area (Å²) >= 11 is 5.60. The number of allylic oxidation sites excluding steroid dienone is 2. The number of aryl methyl sites for hydroxylation is 1. The molecule has 25 nitrogen and oxygen atoms in total. The molecule has 1 amide bonds. The smallest absolute Gasteiger partial charge is 0.336 e. The first kappa shape index (κ1) is 74.8. The molecule has 12 rings (SSSR count). The number of carbonyl (C=O) groups excluding carboxylic acids is 3. The molecule has 552 valence electrons. The van der Waals surface area contributed by atoms with Gasteiger partial charge in [0.05, 0.1) is 48.5 Å². The minimum atomic E-state index is -2.00. The number of rotatable bonds is 18. The lowest BCUT2D eigenvalue weighted by atomic mass is 9.33. The largest absolute Gasteiger partial charge is 0.478 e. The maximum atomic E-state index is 15.9. The van der Waals surface area contributed by atoms with Crippen LogP contribution in [-0.2, 0) is 42.8 Å². The molecule has 4 saturated carbocycles. The van der Waals surface area contributed by atoms with E-state index in [1.54, 1.807) is 18.2 Å². The van der Waals surface area contributed by atoms with E-state index in [9.17, 15) is 70.2 Å². The number of carboxylic acid groups (broad SMARTS) is 1. The van der Waals surface area contributed by atoms with Gasteiger partial charge in [-0.2, -0.15) is 0 Å². The van der Waals surface area contributed by atoms with Crippen molar-refractivity contribution in [3.63, 3.8) is 0 Å². The number of amides is 1. The van der Waals surface area contributed by atoms with E-state index in [0.717, 1.165) is 30.3 Å². The van der Waals surface area contributed by atoms with Gasteiger partial charge in [0.2, 0.25) is 12.2 Å². The standard InChI is InChI=1S/C75H99N3O22S/c1-36-13-16-41-47(28-36)96-48-30-39(81)15-18-42(48)55(41)40-17-14-38(29-43(40)64(91)92)77-69(101)76-27-11-9-10-12-54(85)78-56-49(33-79)97-67(63(58(56)87)99-66-61(90)59(88)62(37(2)95-66)98-65-60(89)57(86)46(82)34-94-65)100-68(93)75-26-25-70(3,4)31-45(75)44-19-20-51-71(5)23-22-52(83)72(6,35-80)50(71)21-24-73(51,7)74(44,8)32-53(75)84/h13-19,28-30,35,37,45-46,49-53,56-63,65-67,79,82-84,86-90H,9-12,20-27,31-34H2,1-8H3,(H,78,85)(H,91,92)(H2,76,77,101)/t37-,45?,46-,49?,50?,51?,52+,53-,56+,57?,58?,59?,60?,61?,62+,63?,65+,66+,67+,71?,72-,73?,74-,75-/m1/s1. The lowest BCUT2D eigenvalue weighted by Crippen LogP contribution is -2.69. The van der Waals surface area contributed by atoms with Gasteiger partial charge in [-0.05, 0) is 178 Å². The van der Waals surface area contributed by atoms with Crippen molar-refractivity contribution in [3.05, 3.63) is 87.6 Å². The Balaban J connectivity index is 0.737. The van der Waals surface area contributed by atoms with Crippen LogP contribution in [0.2, 0.25) is 0 Å². The van der Waals surface area contributed by atoms with Gasteiger partial charge in [-0.15, -0.1) is 0 Å². The number of ether oxygens (including phenoxy) is 6. The summed E-state index contributed by atoms with van der Waals surface area (Å²) in [7, 11) is 0. The molecule has 0 bridgehead atoms. The number of anilines is 1. The highest BCUT2D eigenvalue weighted by atomic mass is 32.1. The fourth-order valence-electron chi connectivity index (χ4n) is 19.3. The van der Waals surface area contributed by atoms with E-state index in [-0.39, 0.29) is 58.0 Å². The van der Waals surface area contributed by atoms with Crippen molar-refractivity contribution in [1.29, 1.82) is 0 Å². The molecule has 2 aromatic rings. The maximum Gasteiger partial charge on any atom is 0.336 e. The Hall–Kier alpha value is -5.92. The molecule has 4 aliphatic heterocycles. The normalized spacial score (nSPS) is 39.7. The molecule has 0 aromatic heterocycles. The second-order valence-corrected chi connectivity index (χ2v) is 32.2. The quantitative estimate of drug-likeness (QED) is 0.0146. The van der Waals surface area contributed by atoms with Crippen molar-refractivity contribution in [3.8, 4) is 22.5 Å². The highest BCUT2D eigenvalue weighted by Gasteiger charge is 2.72. The number of thiocarbonyl (C=S) groups is 1. The summed E-state index contributed by atoms with van der Waals surface area (Å²) in [5.41, 5.74) is -0.0613. The van der Waals surface area contributed by atoms with Gasteiger partial charge in [0, 0.05) is 41.2 Å². The molecule has 7 fully saturated rings. The molecule has 0 radical (unpaired) electrons. The molecule has 12 unspecified atom stereocenters. The molecule has 13 N–H and O–H groups in total. The molecule has 10 aliphatic rings. The number of carboxylic acids is 1. The second-order valence-electron chi connectivity index (χ2n) is 31.8. The summed E-state index contributed by atoms with van der Waals surface area (Å²) in [6.45, 7) is 15.4. The molecule has 24 atom stereocenters. The van der Waals surface area contributed by atoms with Crippen LogP contribution in [0.15, 0.2) is 75.5 Å². The second kappa shape index (κ2) is 28.5. The van der Waals surface area contributed by atoms with Gasteiger partial charge < -0.3 is 105 Å². The highest BCUT2D eigenvalue weighted by molar-refractivity contribution is 7.80. The number of nitrogens with one attached hydrogen (secondary N) is 3. The number of fused-ring (bicyclic) bond motifs is 9. The van der Waals surface area contributed by atoms with E-state index >= 15 is 4.79 Å². The lowest BCUT2D eigenvalue weighted by molar-refractivity contribution is -0.370. The van der Waals surface area contributed by atoms with Crippen LogP contribution < -0.4 is 21.4 Å². The summed E-state index contributed by atoms with van der Waals surface area (Å²) in [6, 6.07) is 13.4. The monoisotopic (exact) mass is 1430 g/mol. The average molecular weight is 1430 g/mol. The molecule has 0 spiro atoms. The zero-order valence-corrected chi connectivity index (χ0v) is 59.2. The fraction of sp³-hybridized carbons (Fsp3) is 0.653. The number of aldehydes is 1. The van der Waals surface area contributed by atoms with Crippen molar-refractivity contribution in [1.82, 2.24) is 10.6 Å². The summed E-state index contributed by atoms with van der Waals surface area (Å²) < 4.78 is 42.8. The van der Waals surface area contributed by atoms with Gasteiger partial charge in [0.1, 0.15) is 71.9 Å². The maximum absolute atomic E-state index is 15.9. The van der Waals surface area contributed by atoms with Crippen LogP contribution in [-0.4, -0.2) is 198 Å². The molecule has 2 aromatic carbocycles. The van der Waals surface area contributed by atoms with Crippen molar-refractivity contribution in [2.24, 2.45) is 50.2 Å². The zero-order chi connectivity index (χ0) is 72.8. The lowest BCUT2D eigenvalue weighted by Gasteiger charge is -2.71. The van der Waals surface area contributed by atoms with Gasteiger partial charge in [-0.1, -0.05) is 77.8 Å². The third kappa shape index (κ3) is 13.3. The van der Waals surface area contributed by atoms with Crippen LogP contribution in [0.5, 0.6) is 0 Å². The van der Waals surface area contributed by atoms with Crippen LogP contribution in [0.3, 0.4) is 0 Å². The Morgan fingerprint density at radius 2 is 1.49 bits per heavy atom. The predicted molar refractivity (Wildman–Crippen MR) is 369 cm³/mol. The Morgan fingerprint density at radius 3 is 2.22 bits per heavy atom. The first-order chi connectivity index (χ1) is 47.7. The summed E-state index contributed by atoms with van der Waals surface area (Å²) in [5, 5.41) is 123. The van der Waals surface area contributed by atoms with E-state index in [4.69, 9.17) is 45.1 Å². The predicted octanol–water partition coefficient (Wildman–Crippen LogP) is 5.51. The van der Waals surface area contributed by atoms with Gasteiger partial charge in [0.15, 0.2) is 29.2 Å². The van der Waals surface area contributed by atoms with Crippen LogP contribution in [0.25, 0.3) is 33.4 Å². The Morgan fingerprint density at radius 1 is 0.752 bits per heavy atom. The minimum Gasteiger partial charge on any atom is -0.478 e. The summed E-state index contributed by atoms with van der Waals surface area (Å²) in [5.74, 6) is -2.86. The third-order valence-electron chi connectivity index (χ3n) is 25.2. The topological polar surface area (TPSA) is 392 Å². The van der Waals surface area contributed by atoms with E-state index in [0.29, 0.717) is 97.0 Å². The Bertz CT molecular complexity index is 3850. The van der Waals surface area contributed by atoms with Crippen molar-refractivity contribution >= 4 is 58.1 Å². The van der Waals surface area contributed by atoms with Crippen LogP contribution >= 0.6 is 12.2 Å². The number of aliphatic hydroxyl groups is 9. The van der Waals surface area contributed by atoms with Crippen LogP contribution in [0.1, 0.15) is 148 Å². The van der Waals surface area contributed by atoms with Gasteiger partial charge in [-0.3, -0.25) is 14.4 Å². The highest BCUT2D eigenvalue weighted by Crippen LogP contribution is 2.76. The zero-order valence-electron chi connectivity index (χ0n) is 58.4. The molecule has 101 heavy (non-hydrogen) atoms. The number of aromatic carboxylic acids is 1. The van der Waals surface area contributed by atoms with Gasteiger partial charge >= 0.3 is 11.9 Å². The van der Waals surface area contributed by atoms with E-state index < -0.39 is 157 Å². The molecular formula is C75H99N3O22S. The van der Waals surface area contributed by atoms with Crippen molar-refractivity contribution < 1.29 is 103 Å². The van der Waals surface area contributed by atoms with Crippen molar-refractivity contribution in [2.45, 2.75) is 237 Å². The van der Waals surface area contributed by atoms with Crippen molar-refractivity contribution in [2.75, 3.05) is 25.1 Å². The van der Waals surface area contributed by atoms with Gasteiger partial charge in [0.25, 0.3) is 0 Å². The number of hydrogen-bond acceptors (Lipinski definition) is 22. The molecule has 4 heterocycles. The Kier molecular flexibility index (Phi) is 21.1. The Labute approximate surface area is 591 Å². The SMILES string of the molecule is Cc1ccc2c(-c3ccc(NC(=S)NCCCCCC(=O)N[C@H]4C(CO)O[C@@H](OC(=O)[C@]56CCC(C)(C)CC5C5=CCC7C8(C)CC[C@H](O)[C@](C)(C=O)C8CCC7(C)[C@]5(C)C[C@H]6O)C(O[C@@H]5O[C@H](C)[C@H](O[C@@H]6OC[C@@H](O)C(O)C6O)C(O)C5O)C4O)cc3C(=O)O)c3ccc(=O)cc-3oc2c1. The van der Waals surface area contributed by atoms with Gasteiger partial charge in [-0.25, -0.2) is 4.79 Å². The minimum absolute atomic E-state index is 0.0243. The first-order valence-corrected chi connectivity index (χ1v) is 36.0. The number of benzene rings is 3. The van der Waals surface area contributed by atoms with E-state index in [2.05, 4.69) is 56.6 Å². The van der Waals surface area contributed by atoms with E-state index in [1.165, 1.54) is 25.1 Å². The molecule has 3 saturated heterocycles. The third-order valence-corrected chi connectivity index (χ3v) is 25.5. The molecule has 6 aliphatic carbocycles. The number of aliphatic hydroxyl groups excluding tert-OH is 9. The molecular weight excluding hydrogens is 1330 g/mol. The fourth-order valence-corrected chi connectivity index (χ4v) is 19.6. The van der Waals surface area contributed by atoms with Crippen LogP contribution in [0.4, 0.5) is 5.69 Å². The summed E-state index contributed by atoms with van der Waals surface area (Å²) in [4.78, 5) is 68.0. The molecule has 26 heteroatoms. The summed E-state index contributed by atoms with van der Waals surface area (Å²) in [6.07, 6.45) is -14.7.